The Kier molecular flexibility index (Phi) is 8.08. The summed E-state index contributed by atoms with van der Waals surface area (Å²) in [4.78, 5) is 25.4. The van der Waals surface area contributed by atoms with Gasteiger partial charge in [0.15, 0.2) is 0 Å². The van der Waals surface area contributed by atoms with Gasteiger partial charge in [-0.2, -0.15) is 0 Å². The highest BCUT2D eigenvalue weighted by molar-refractivity contribution is 5.73. The van der Waals surface area contributed by atoms with Crippen molar-refractivity contribution >= 4 is 12.0 Å². The summed E-state index contributed by atoms with van der Waals surface area (Å²) in [6.45, 7) is 3.57. The van der Waals surface area contributed by atoms with Gasteiger partial charge in [-0.15, -0.1) is 0 Å². The standard InChI is InChI=1S/C21H32N4O6/c1-13(26)24-17-11-25(12-19(17)28)8-7-22-21(29)31-20-16(23-10-18(20)27)9-14-3-5-15(30-2)6-4-14/h3-6,16-20,23,27-28H,7-12H2,1-2H3,(H,22,29)(H,24,26)/t16-,17-,18+,19-,20+/m1/s1. The second-order valence-corrected chi connectivity index (χ2v) is 8.06. The minimum absolute atomic E-state index is 0.180. The lowest BCUT2D eigenvalue weighted by molar-refractivity contribution is -0.120. The van der Waals surface area contributed by atoms with Crippen molar-refractivity contribution < 1.29 is 29.3 Å². The number of aliphatic hydroxyl groups excluding tert-OH is 2. The second kappa shape index (κ2) is 10.8. The van der Waals surface area contributed by atoms with Crippen LogP contribution in [0.3, 0.4) is 0 Å². The molecule has 0 spiro atoms. The first kappa shape index (κ1) is 23.3. The maximum absolute atomic E-state index is 12.3. The monoisotopic (exact) mass is 436 g/mol. The molecule has 0 unspecified atom stereocenters. The second-order valence-electron chi connectivity index (χ2n) is 8.06. The van der Waals surface area contributed by atoms with Gasteiger partial charge in [-0.3, -0.25) is 9.69 Å². The highest BCUT2D eigenvalue weighted by atomic mass is 16.6. The third-order valence-electron chi connectivity index (χ3n) is 5.67. The average molecular weight is 437 g/mol. The molecule has 0 radical (unpaired) electrons. The van der Waals surface area contributed by atoms with Crippen molar-refractivity contribution in [2.45, 2.75) is 43.7 Å². The molecule has 0 saturated carbocycles. The normalized spacial score (nSPS) is 28.3. The molecule has 0 aromatic heterocycles. The summed E-state index contributed by atoms with van der Waals surface area (Å²) in [6.07, 6.45) is -2.05. The van der Waals surface area contributed by atoms with Crippen LogP contribution in [-0.4, -0.2) is 97.3 Å². The zero-order valence-electron chi connectivity index (χ0n) is 17.9. The summed E-state index contributed by atoms with van der Waals surface area (Å²) >= 11 is 0. The molecule has 2 saturated heterocycles. The fourth-order valence-corrected chi connectivity index (χ4v) is 4.07. The Balaban J connectivity index is 1.42. The molecule has 31 heavy (non-hydrogen) atoms. The van der Waals surface area contributed by atoms with E-state index in [1.54, 1.807) is 7.11 Å². The van der Waals surface area contributed by atoms with Gasteiger partial charge in [0.05, 0.1) is 25.3 Å². The van der Waals surface area contributed by atoms with E-state index in [9.17, 15) is 19.8 Å². The Hall–Kier alpha value is -2.40. The van der Waals surface area contributed by atoms with Crippen LogP contribution in [0.15, 0.2) is 24.3 Å². The summed E-state index contributed by atoms with van der Waals surface area (Å²) in [5, 5.41) is 28.9. The molecular formula is C21H32N4O6. The number of methoxy groups -OCH3 is 1. The van der Waals surface area contributed by atoms with E-state index in [2.05, 4.69) is 16.0 Å². The molecule has 10 heteroatoms. The van der Waals surface area contributed by atoms with Crippen molar-refractivity contribution in [1.29, 1.82) is 0 Å². The molecule has 2 amide bonds. The molecule has 5 N–H and O–H groups in total. The molecule has 3 rings (SSSR count). The van der Waals surface area contributed by atoms with Gasteiger partial charge in [0, 0.05) is 39.6 Å². The number of rotatable bonds is 8. The SMILES string of the molecule is COc1ccc(C[C@H]2NC[C@H](O)[C@H]2OC(=O)NCCN2C[C@@H](O)[C@H](NC(C)=O)C2)cc1. The van der Waals surface area contributed by atoms with E-state index in [1.807, 2.05) is 29.2 Å². The van der Waals surface area contributed by atoms with Gasteiger partial charge < -0.3 is 35.6 Å². The van der Waals surface area contributed by atoms with Crippen LogP contribution in [-0.2, 0) is 16.0 Å². The fraction of sp³-hybridized carbons (Fsp3) is 0.619. The van der Waals surface area contributed by atoms with Crippen molar-refractivity contribution in [2.24, 2.45) is 0 Å². The van der Waals surface area contributed by atoms with Crippen LogP contribution >= 0.6 is 0 Å². The maximum atomic E-state index is 12.3. The number of carbonyl (C=O) groups excluding carboxylic acids is 2. The van der Waals surface area contributed by atoms with Gasteiger partial charge in [-0.05, 0) is 24.1 Å². The molecule has 172 valence electrons. The van der Waals surface area contributed by atoms with E-state index in [4.69, 9.17) is 9.47 Å². The number of benzene rings is 1. The number of ether oxygens (including phenoxy) is 2. The Morgan fingerprint density at radius 3 is 2.61 bits per heavy atom. The predicted molar refractivity (Wildman–Crippen MR) is 113 cm³/mol. The fourth-order valence-electron chi connectivity index (χ4n) is 4.07. The Bertz CT molecular complexity index is 746. The average Bonchev–Trinajstić information content (AvgIpc) is 3.24. The predicted octanol–water partition coefficient (Wildman–Crippen LogP) is -1.15. The van der Waals surface area contributed by atoms with E-state index in [0.717, 1.165) is 11.3 Å². The number of likely N-dealkylation sites (tertiary alicyclic amines) is 1. The highest BCUT2D eigenvalue weighted by Gasteiger charge is 2.38. The zero-order valence-corrected chi connectivity index (χ0v) is 17.9. The van der Waals surface area contributed by atoms with Crippen molar-refractivity contribution in [2.75, 3.05) is 39.8 Å². The lowest BCUT2D eigenvalue weighted by Crippen LogP contribution is -2.43. The van der Waals surface area contributed by atoms with Crippen LogP contribution in [0.4, 0.5) is 4.79 Å². The molecule has 0 bridgehead atoms. The zero-order chi connectivity index (χ0) is 22.4. The summed E-state index contributed by atoms with van der Waals surface area (Å²) < 4.78 is 10.7. The van der Waals surface area contributed by atoms with Gasteiger partial charge in [0.1, 0.15) is 18.0 Å². The van der Waals surface area contributed by atoms with Gasteiger partial charge >= 0.3 is 6.09 Å². The maximum Gasteiger partial charge on any atom is 0.407 e. The van der Waals surface area contributed by atoms with E-state index in [1.165, 1.54) is 6.92 Å². The van der Waals surface area contributed by atoms with Crippen molar-refractivity contribution in [3.8, 4) is 5.75 Å². The lowest BCUT2D eigenvalue weighted by Gasteiger charge is -2.23. The number of nitrogens with one attached hydrogen (secondary N) is 3. The lowest BCUT2D eigenvalue weighted by atomic mass is 10.0. The summed E-state index contributed by atoms with van der Waals surface area (Å²) in [5.41, 5.74) is 1.04. The first-order chi connectivity index (χ1) is 14.9. The minimum Gasteiger partial charge on any atom is -0.497 e. The van der Waals surface area contributed by atoms with Crippen LogP contribution in [0.25, 0.3) is 0 Å². The largest absolute Gasteiger partial charge is 0.497 e. The van der Waals surface area contributed by atoms with E-state index >= 15 is 0 Å². The van der Waals surface area contributed by atoms with E-state index in [-0.39, 0.29) is 18.0 Å². The Labute approximate surface area is 181 Å². The van der Waals surface area contributed by atoms with Gasteiger partial charge in [0.25, 0.3) is 0 Å². The summed E-state index contributed by atoms with van der Waals surface area (Å²) in [7, 11) is 1.61. The number of amides is 2. The molecule has 2 heterocycles. The van der Waals surface area contributed by atoms with E-state index < -0.39 is 24.4 Å². The Morgan fingerprint density at radius 1 is 1.19 bits per heavy atom. The van der Waals surface area contributed by atoms with Gasteiger partial charge in [-0.25, -0.2) is 4.79 Å². The first-order valence-corrected chi connectivity index (χ1v) is 10.5. The van der Waals surface area contributed by atoms with Gasteiger partial charge in [0.2, 0.25) is 5.91 Å². The number of carbonyl (C=O) groups is 2. The molecule has 0 aliphatic carbocycles. The van der Waals surface area contributed by atoms with Crippen molar-refractivity contribution in [3.05, 3.63) is 29.8 Å². The summed E-state index contributed by atoms with van der Waals surface area (Å²) in [6, 6.07) is 7.14. The first-order valence-electron chi connectivity index (χ1n) is 10.5. The van der Waals surface area contributed by atoms with Crippen LogP contribution in [0.1, 0.15) is 12.5 Å². The topological polar surface area (TPSA) is 132 Å². The molecule has 2 aliphatic rings. The molecule has 1 aromatic rings. The Morgan fingerprint density at radius 2 is 1.94 bits per heavy atom. The van der Waals surface area contributed by atoms with Crippen molar-refractivity contribution in [1.82, 2.24) is 20.9 Å². The third kappa shape index (κ3) is 6.54. The number of alkyl carbamates (subject to hydrolysis) is 1. The summed E-state index contributed by atoms with van der Waals surface area (Å²) in [5.74, 6) is 0.588. The molecule has 5 atom stereocenters. The highest BCUT2D eigenvalue weighted by Crippen LogP contribution is 2.19. The molecule has 2 aliphatic heterocycles. The van der Waals surface area contributed by atoms with Crippen LogP contribution in [0.5, 0.6) is 5.75 Å². The number of aliphatic hydroxyl groups is 2. The minimum atomic E-state index is -0.777. The smallest absolute Gasteiger partial charge is 0.407 e. The molecule has 10 nitrogen and oxygen atoms in total. The number of β-amino-alcohol motifs (C(OH)–C–C–N with tert-alkyl or cyclic N) is 2. The molecular weight excluding hydrogens is 404 g/mol. The van der Waals surface area contributed by atoms with Gasteiger partial charge in [-0.1, -0.05) is 12.1 Å². The van der Waals surface area contributed by atoms with Crippen molar-refractivity contribution in [3.63, 3.8) is 0 Å². The van der Waals surface area contributed by atoms with E-state index in [0.29, 0.717) is 39.1 Å². The number of nitrogens with zero attached hydrogens (tertiary/aromatic N) is 1. The van der Waals surface area contributed by atoms with Crippen LogP contribution in [0.2, 0.25) is 0 Å². The number of hydrogen-bond donors (Lipinski definition) is 5. The quantitative estimate of drug-likeness (QED) is 0.345. The van der Waals surface area contributed by atoms with Crippen LogP contribution in [0, 0.1) is 0 Å². The van der Waals surface area contributed by atoms with Crippen LogP contribution < -0.4 is 20.7 Å². The molecule has 2 fully saturated rings. The number of hydrogen-bond acceptors (Lipinski definition) is 8. The third-order valence-corrected chi connectivity index (χ3v) is 5.67. The molecule has 1 aromatic carbocycles.